The number of benzene rings is 1. The molecular formula is C21H21N5OS. The van der Waals surface area contributed by atoms with Gasteiger partial charge in [-0.05, 0) is 25.0 Å². The SMILES string of the molecule is Cc1nc(Nc2nccs2)cc(C2CCN(C(=O)/C=C/c3ccccc3)C2)n1. The molecule has 7 heteroatoms. The van der Waals surface area contributed by atoms with Crippen molar-refractivity contribution in [2.75, 3.05) is 18.4 Å². The summed E-state index contributed by atoms with van der Waals surface area (Å²) in [6, 6.07) is 11.8. The van der Waals surface area contributed by atoms with E-state index in [0.717, 1.165) is 35.2 Å². The topological polar surface area (TPSA) is 71.0 Å². The Balaban J connectivity index is 1.43. The third kappa shape index (κ3) is 4.43. The number of rotatable bonds is 5. The van der Waals surface area contributed by atoms with Gasteiger partial charge >= 0.3 is 0 Å². The highest BCUT2D eigenvalue weighted by atomic mass is 32.1. The molecule has 3 aromatic rings. The maximum Gasteiger partial charge on any atom is 0.246 e. The van der Waals surface area contributed by atoms with E-state index in [9.17, 15) is 4.79 Å². The standard InChI is InChI=1S/C21H21N5OS/c1-15-23-18(13-19(24-15)25-21-22-10-12-28-21)17-9-11-26(14-17)20(27)8-7-16-5-3-2-4-6-16/h2-8,10,12-13,17H,9,11,14H2,1H3,(H,22,23,24,25)/b8-7+. The van der Waals surface area contributed by atoms with Crippen molar-refractivity contribution in [3.8, 4) is 0 Å². The minimum atomic E-state index is 0.0401. The molecule has 1 aromatic carbocycles. The number of hydrogen-bond donors (Lipinski definition) is 1. The Labute approximate surface area is 168 Å². The summed E-state index contributed by atoms with van der Waals surface area (Å²) in [6.07, 6.45) is 6.17. The van der Waals surface area contributed by atoms with Gasteiger partial charge < -0.3 is 10.2 Å². The quantitative estimate of drug-likeness (QED) is 0.665. The van der Waals surface area contributed by atoms with E-state index in [1.54, 1.807) is 12.3 Å². The van der Waals surface area contributed by atoms with Crippen LogP contribution < -0.4 is 5.32 Å². The highest BCUT2D eigenvalue weighted by Crippen LogP contribution is 2.28. The molecule has 1 fully saturated rings. The maximum absolute atomic E-state index is 12.5. The lowest BCUT2D eigenvalue weighted by atomic mass is 10.0. The van der Waals surface area contributed by atoms with Crippen LogP contribution in [0.1, 0.15) is 29.4 Å². The number of nitrogens with zero attached hydrogens (tertiary/aromatic N) is 4. The molecule has 1 atom stereocenters. The van der Waals surface area contributed by atoms with Crippen molar-refractivity contribution >= 4 is 34.3 Å². The van der Waals surface area contributed by atoms with Crippen LogP contribution in [0.3, 0.4) is 0 Å². The zero-order valence-electron chi connectivity index (χ0n) is 15.6. The van der Waals surface area contributed by atoms with Crippen molar-refractivity contribution in [1.82, 2.24) is 19.9 Å². The van der Waals surface area contributed by atoms with Crippen LogP contribution in [0, 0.1) is 6.92 Å². The number of hydrogen-bond acceptors (Lipinski definition) is 6. The molecule has 0 aliphatic carbocycles. The van der Waals surface area contributed by atoms with Crippen molar-refractivity contribution in [3.63, 3.8) is 0 Å². The molecule has 1 aliphatic rings. The van der Waals surface area contributed by atoms with Crippen LogP contribution in [-0.4, -0.2) is 38.8 Å². The van der Waals surface area contributed by atoms with Crippen LogP contribution in [0.15, 0.2) is 54.1 Å². The first-order valence-electron chi connectivity index (χ1n) is 9.21. The Morgan fingerprint density at radius 2 is 2.14 bits per heavy atom. The first kappa shape index (κ1) is 18.3. The third-order valence-electron chi connectivity index (χ3n) is 4.66. The van der Waals surface area contributed by atoms with Gasteiger partial charge in [-0.1, -0.05) is 30.3 Å². The normalized spacial score (nSPS) is 16.6. The molecular weight excluding hydrogens is 370 g/mol. The summed E-state index contributed by atoms with van der Waals surface area (Å²) in [6.45, 7) is 3.29. The maximum atomic E-state index is 12.5. The first-order chi connectivity index (χ1) is 13.7. The predicted octanol–water partition coefficient (Wildman–Crippen LogP) is 4.01. The molecule has 1 amide bonds. The third-order valence-corrected chi connectivity index (χ3v) is 5.35. The summed E-state index contributed by atoms with van der Waals surface area (Å²) < 4.78 is 0. The van der Waals surface area contributed by atoms with Gasteiger partial charge in [0.2, 0.25) is 5.91 Å². The molecule has 1 N–H and O–H groups in total. The lowest BCUT2D eigenvalue weighted by Crippen LogP contribution is -2.26. The Bertz CT molecular complexity index is 972. The number of thiazole rings is 1. The minimum absolute atomic E-state index is 0.0401. The monoisotopic (exact) mass is 391 g/mol. The fraction of sp³-hybridized carbons (Fsp3) is 0.238. The van der Waals surface area contributed by atoms with Crippen LogP contribution in [-0.2, 0) is 4.79 Å². The van der Waals surface area contributed by atoms with Crippen LogP contribution in [0.5, 0.6) is 0 Å². The predicted molar refractivity (Wildman–Crippen MR) is 112 cm³/mol. The molecule has 142 valence electrons. The zero-order valence-corrected chi connectivity index (χ0v) is 16.4. The summed E-state index contributed by atoms with van der Waals surface area (Å²) in [5, 5.41) is 5.95. The van der Waals surface area contributed by atoms with Crippen molar-refractivity contribution in [2.45, 2.75) is 19.3 Å². The molecule has 0 bridgehead atoms. The largest absolute Gasteiger partial charge is 0.338 e. The van der Waals surface area contributed by atoms with E-state index in [2.05, 4.69) is 20.3 Å². The van der Waals surface area contributed by atoms with E-state index < -0.39 is 0 Å². The lowest BCUT2D eigenvalue weighted by molar-refractivity contribution is -0.124. The zero-order chi connectivity index (χ0) is 19.3. The summed E-state index contributed by atoms with van der Waals surface area (Å²) in [5.74, 6) is 1.71. The van der Waals surface area contributed by atoms with Crippen LogP contribution in [0.25, 0.3) is 6.08 Å². The molecule has 0 spiro atoms. The van der Waals surface area contributed by atoms with Gasteiger partial charge in [-0.2, -0.15) is 0 Å². The lowest BCUT2D eigenvalue weighted by Gasteiger charge is -2.15. The summed E-state index contributed by atoms with van der Waals surface area (Å²) in [4.78, 5) is 27.7. The number of likely N-dealkylation sites (tertiary alicyclic amines) is 1. The van der Waals surface area contributed by atoms with Gasteiger partial charge in [0.25, 0.3) is 0 Å². The number of aromatic nitrogens is 3. The first-order valence-corrected chi connectivity index (χ1v) is 10.1. The van der Waals surface area contributed by atoms with E-state index in [-0.39, 0.29) is 11.8 Å². The second-order valence-electron chi connectivity index (χ2n) is 6.70. The van der Waals surface area contributed by atoms with Crippen LogP contribution in [0.2, 0.25) is 0 Å². The second-order valence-corrected chi connectivity index (χ2v) is 7.60. The van der Waals surface area contributed by atoms with Gasteiger partial charge in [0.1, 0.15) is 11.6 Å². The molecule has 0 saturated carbocycles. The van der Waals surface area contributed by atoms with Crippen molar-refractivity contribution in [3.05, 3.63) is 71.1 Å². The van der Waals surface area contributed by atoms with Gasteiger partial charge in [0.05, 0.1) is 5.69 Å². The highest BCUT2D eigenvalue weighted by Gasteiger charge is 2.27. The molecule has 1 aliphatic heterocycles. The Morgan fingerprint density at radius 3 is 2.93 bits per heavy atom. The van der Waals surface area contributed by atoms with Gasteiger partial charge in [-0.15, -0.1) is 11.3 Å². The Morgan fingerprint density at radius 1 is 1.29 bits per heavy atom. The Kier molecular flexibility index (Phi) is 5.43. The Hall–Kier alpha value is -3.06. The molecule has 4 rings (SSSR count). The van der Waals surface area contributed by atoms with E-state index in [0.29, 0.717) is 12.4 Å². The van der Waals surface area contributed by atoms with E-state index in [1.165, 1.54) is 11.3 Å². The number of anilines is 2. The van der Waals surface area contributed by atoms with Crippen LogP contribution >= 0.6 is 11.3 Å². The van der Waals surface area contributed by atoms with Gasteiger partial charge in [0, 0.05) is 42.7 Å². The van der Waals surface area contributed by atoms with Gasteiger partial charge in [-0.25, -0.2) is 15.0 Å². The molecule has 6 nitrogen and oxygen atoms in total. The molecule has 1 unspecified atom stereocenters. The van der Waals surface area contributed by atoms with E-state index >= 15 is 0 Å². The van der Waals surface area contributed by atoms with E-state index in [1.807, 2.05) is 59.7 Å². The highest BCUT2D eigenvalue weighted by molar-refractivity contribution is 7.13. The summed E-state index contributed by atoms with van der Waals surface area (Å²) >= 11 is 1.53. The fourth-order valence-corrected chi connectivity index (χ4v) is 3.83. The second kappa shape index (κ2) is 8.31. The van der Waals surface area contributed by atoms with Crippen molar-refractivity contribution in [2.24, 2.45) is 0 Å². The van der Waals surface area contributed by atoms with Crippen molar-refractivity contribution in [1.29, 1.82) is 0 Å². The molecule has 2 aromatic heterocycles. The summed E-state index contributed by atoms with van der Waals surface area (Å²) in [5.41, 5.74) is 1.99. The molecule has 3 heterocycles. The number of amides is 1. The fourth-order valence-electron chi connectivity index (χ4n) is 3.30. The number of carbonyl (C=O) groups excluding carboxylic acids is 1. The van der Waals surface area contributed by atoms with Crippen LogP contribution in [0.4, 0.5) is 10.9 Å². The minimum Gasteiger partial charge on any atom is -0.338 e. The average Bonchev–Trinajstić information content (AvgIpc) is 3.38. The van der Waals surface area contributed by atoms with Crippen molar-refractivity contribution < 1.29 is 4.79 Å². The van der Waals surface area contributed by atoms with E-state index in [4.69, 9.17) is 0 Å². The smallest absolute Gasteiger partial charge is 0.246 e. The number of aryl methyl sites for hydroxylation is 1. The number of carbonyl (C=O) groups is 1. The van der Waals surface area contributed by atoms with Gasteiger partial charge in [0.15, 0.2) is 5.13 Å². The van der Waals surface area contributed by atoms with Gasteiger partial charge in [-0.3, -0.25) is 4.79 Å². The molecule has 1 saturated heterocycles. The molecule has 0 radical (unpaired) electrons. The number of nitrogens with one attached hydrogen (secondary N) is 1. The summed E-state index contributed by atoms with van der Waals surface area (Å²) in [7, 11) is 0. The molecule has 28 heavy (non-hydrogen) atoms. The average molecular weight is 392 g/mol.